The monoisotopic (exact) mass is 197 g/mol. The fraction of sp³-hybridized carbons (Fsp3) is 0.909. The molecule has 3 heteroatoms. The van der Waals surface area contributed by atoms with Gasteiger partial charge in [-0.15, -0.1) is 0 Å². The third-order valence-electron chi connectivity index (χ3n) is 3.55. The Labute approximate surface area is 85.2 Å². The molecule has 0 saturated heterocycles. The topological polar surface area (TPSA) is 38.3 Å². The van der Waals surface area contributed by atoms with E-state index in [1.54, 1.807) is 0 Å². The molecule has 2 aliphatic carbocycles. The largest absolute Gasteiger partial charge is 0.469 e. The van der Waals surface area contributed by atoms with E-state index in [4.69, 9.17) is 0 Å². The van der Waals surface area contributed by atoms with Crippen LogP contribution in [-0.2, 0) is 9.53 Å². The molecule has 0 atom stereocenters. The first kappa shape index (κ1) is 9.97. The van der Waals surface area contributed by atoms with Crippen molar-refractivity contribution >= 4 is 5.97 Å². The van der Waals surface area contributed by atoms with Crippen LogP contribution in [0, 0.1) is 11.3 Å². The second-order valence-electron chi connectivity index (χ2n) is 4.64. The van der Waals surface area contributed by atoms with Crippen LogP contribution in [0.5, 0.6) is 0 Å². The molecule has 2 rings (SSSR count). The molecule has 2 fully saturated rings. The van der Waals surface area contributed by atoms with Crippen molar-refractivity contribution in [3.8, 4) is 0 Å². The Balaban J connectivity index is 1.56. The van der Waals surface area contributed by atoms with Crippen molar-refractivity contribution in [2.45, 2.75) is 32.1 Å². The molecule has 0 spiro atoms. The fourth-order valence-electron chi connectivity index (χ4n) is 2.22. The van der Waals surface area contributed by atoms with Crippen molar-refractivity contribution in [1.29, 1.82) is 0 Å². The van der Waals surface area contributed by atoms with Gasteiger partial charge in [-0.25, -0.2) is 0 Å². The second kappa shape index (κ2) is 3.89. The average Bonchev–Trinajstić information content (AvgIpc) is 3.02. The molecule has 3 nitrogen and oxygen atoms in total. The second-order valence-corrected chi connectivity index (χ2v) is 4.64. The van der Waals surface area contributed by atoms with E-state index in [-0.39, 0.29) is 5.97 Å². The molecule has 0 unspecified atom stereocenters. The van der Waals surface area contributed by atoms with Crippen molar-refractivity contribution in [2.24, 2.45) is 11.3 Å². The van der Waals surface area contributed by atoms with Gasteiger partial charge in [0.25, 0.3) is 0 Å². The van der Waals surface area contributed by atoms with Gasteiger partial charge in [-0.1, -0.05) is 0 Å². The van der Waals surface area contributed by atoms with E-state index < -0.39 is 0 Å². The zero-order chi connectivity index (χ0) is 10.0. The first-order chi connectivity index (χ1) is 6.77. The standard InChI is InChI=1S/C11H19NO2/c1-14-10(13)4-7-12-8-11(5-6-11)9-2-3-9/h9,12H,2-8H2,1H3. The van der Waals surface area contributed by atoms with Crippen molar-refractivity contribution in [3.63, 3.8) is 0 Å². The van der Waals surface area contributed by atoms with Crippen LogP contribution < -0.4 is 5.32 Å². The first-order valence-electron chi connectivity index (χ1n) is 5.54. The average molecular weight is 197 g/mol. The summed E-state index contributed by atoms with van der Waals surface area (Å²) in [5.74, 6) is 0.877. The van der Waals surface area contributed by atoms with Crippen LogP contribution in [0.25, 0.3) is 0 Å². The minimum Gasteiger partial charge on any atom is -0.469 e. The number of carbonyl (C=O) groups is 1. The van der Waals surface area contributed by atoms with Crippen LogP contribution in [-0.4, -0.2) is 26.2 Å². The zero-order valence-corrected chi connectivity index (χ0v) is 8.84. The molecule has 14 heavy (non-hydrogen) atoms. The van der Waals surface area contributed by atoms with Gasteiger partial charge in [0.1, 0.15) is 0 Å². The van der Waals surface area contributed by atoms with Crippen molar-refractivity contribution < 1.29 is 9.53 Å². The smallest absolute Gasteiger partial charge is 0.306 e. The van der Waals surface area contributed by atoms with Gasteiger partial charge in [-0.05, 0) is 37.0 Å². The summed E-state index contributed by atoms with van der Waals surface area (Å²) in [4.78, 5) is 10.8. The maximum Gasteiger partial charge on any atom is 0.306 e. The molecule has 0 aromatic heterocycles. The van der Waals surface area contributed by atoms with E-state index >= 15 is 0 Å². The summed E-state index contributed by atoms with van der Waals surface area (Å²) in [5, 5.41) is 3.37. The number of carbonyl (C=O) groups excluding carboxylic acids is 1. The van der Waals surface area contributed by atoms with E-state index in [2.05, 4.69) is 10.1 Å². The Bertz CT molecular complexity index is 219. The normalized spacial score (nSPS) is 23.2. The molecule has 2 saturated carbocycles. The number of esters is 1. The Kier molecular flexibility index (Phi) is 2.77. The van der Waals surface area contributed by atoms with Gasteiger partial charge in [0.15, 0.2) is 0 Å². The number of nitrogens with one attached hydrogen (secondary N) is 1. The third-order valence-corrected chi connectivity index (χ3v) is 3.55. The molecule has 0 radical (unpaired) electrons. The molecule has 80 valence electrons. The van der Waals surface area contributed by atoms with Crippen LogP contribution >= 0.6 is 0 Å². The highest BCUT2D eigenvalue weighted by molar-refractivity contribution is 5.69. The van der Waals surface area contributed by atoms with E-state index in [0.717, 1.165) is 19.0 Å². The molecule has 0 aromatic rings. The van der Waals surface area contributed by atoms with Gasteiger partial charge in [-0.2, -0.15) is 0 Å². The fourth-order valence-corrected chi connectivity index (χ4v) is 2.22. The van der Waals surface area contributed by atoms with Crippen molar-refractivity contribution in [3.05, 3.63) is 0 Å². The highest BCUT2D eigenvalue weighted by Crippen LogP contribution is 2.60. The molecule has 0 aromatic carbocycles. The van der Waals surface area contributed by atoms with Crippen LogP contribution in [0.3, 0.4) is 0 Å². The summed E-state index contributed by atoms with van der Waals surface area (Å²) in [6.45, 7) is 1.87. The Morgan fingerprint density at radius 2 is 2.21 bits per heavy atom. The van der Waals surface area contributed by atoms with E-state index in [9.17, 15) is 4.79 Å². The third kappa shape index (κ3) is 2.27. The molecule has 2 aliphatic rings. The number of hydrogen-bond acceptors (Lipinski definition) is 3. The van der Waals surface area contributed by atoms with Crippen molar-refractivity contribution in [2.75, 3.05) is 20.2 Å². The highest BCUT2D eigenvalue weighted by atomic mass is 16.5. The molecule has 1 N–H and O–H groups in total. The predicted octanol–water partition coefficient (Wildman–Crippen LogP) is 1.33. The maximum atomic E-state index is 10.8. The van der Waals surface area contributed by atoms with Gasteiger partial charge >= 0.3 is 5.97 Å². The molecule has 0 bridgehead atoms. The molecule has 0 heterocycles. The quantitative estimate of drug-likeness (QED) is 0.515. The number of rotatable bonds is 6. The molecule has 0 amide bonds. The lowest BCUT2D eigenvalue weighted by Crippen LogP contribution is -2.27. The Morgan fingerprint density at radius 3 is 2.71 bits per heavy atom. The minimum absolute atomic E-state index is 0.117. The van der Waals surface area contributed by atoms with Gasteiger partial charge in [0.2, 0.25) is 0 Å². The van der Waals surface area contributed by atoms with Gasteiger partial charge in [0, 0.05) is 13.1 Å². The first-order valence-corrected chi connectivity index (χ1v) is 5.54. The predicted molar refractivity (Wildman–Crippen MR) is 53.9 cm³/mol. The van der Waals surface area contributed by atoms with Crippen molar-refractivity contribution in [1.82, 2.24) is 5.32 Å². The number of methoxy groups -OCH3 is 1. The maximum absolute atomic E-state index is 10.8. The highest BCUT2D eigenvalue weighted by Gasteiger charge is 2.53. The molecular formula is C11H19NO2. The lowest BCUT2D eigenvalue weighted by molar-refractivity contribution is -0.140. The summed E-state index contributed by atoms with van der Waals surface area (Å²) < 4.78 is 4.58. The van der Waals surface area contributed by atoms with Gasteiger partial charge in [-0.3, -0.25) is 4.79 Å². The molecular weight excluding hydrogens is 178 g/mol. The van der Waals surface area contributed by atoms with Gasteiger partial charge < -0.3 is 10.1 Å². The summed E-state index contributed by atoms with van der Waals surface area (Å²) in [6.07, 6.45) is 6.14. The lowest BCUT2D eigenvalue weighted by Gasteiger charge is -2.14. The Morgan fingerprint density at radius 1 is 1.50 bits per heavy atom. The summed E-state index contributed by atoms with van der Waals surface area (Å²) in [7, 11) is 1.44. The number of ether oxygens (including phenoxy) is 1. The lowest BCUT2D eigenvalue weighted by atomic mass is 10.0. The number of hydrogen-bond donors (Lipinski definition) is 1. The summed E-state index contributed by atoms with van der Waals surface area (Å²) in [5.41, 5.74) is 0.635. The van der Waals surface area contributed by atoms with E-state index in [1.165, 1.54) is 32.8 Å². The van der Waals surface area contributed by atoms with E-state index in [0.29, 0.717) is 11.8 Å². The van der Waals surface area contributed by atoms with E-state index in [1.807, 2.05) is 0 Å². The zero-order valence-electron chi connectivity index (χ0n) is 8.84. The van der Waals surface area contributed by atoms with Gasteiger partial charge in [0.05, 0.1) is 13.5 Å². The Hall–Kier alpha value is -0.570. The van der Waals surface area contributed by atoms with Crippen LogP contribution in [0.15, 0.2) is 0 Å². The molecule has 0 aliphatic heterocycles. The summed E-state index contributed by atoms with van der Waals surface area (Å²) >= 11 is 0. The van der Waals surface area contributed by atoms with Crippen LogP contribution in [0.2, 0.25) is 0 Å². The minimum atomic E-state index is -0.117. The van der Waals surface area contributed by atoms with Crippen LogP contribution in [0.1, 0.15) is 32.1 Å². The van der Waals surface area contributed by atoms with Crippen LogP contribution in [0.4, 0.5) is 0 Å². The summed E-state index contributed by atoms with van der Waals surface area (Å²) in [6, 6.07) is 0. The SMILES string of the molecule is COC(=O)CCNCC1(C2CC2)CC1.